The maximum Gasteiger partial charge on any atom is 0.245 e. The van der Waals surface area contributed by atoms with Crippen molar-refractivity contribution in [2.75, 3.05) is 11.9 Å². The average Bonchev–Trinajstić information content (AvgIpc) is 2.36. The monoisotopic (exact) mass is 285 g/mol. The molecule has 0 aromatic heterocycles. The van der Waals surface area contributed by atoms with E-state index >= 15 is 0 Å². The van der Waals surface area contributed by atoms with Crippen molar-refractivity contribution in [3.8, 4) is 0 Å². The zero-order valence-corrected chi connectivity index (χ0v) is 10.9. The van der Waals surface area contributed by atoms with Crippen LogP contribution in [0.25, 0.3) is 0 Å². The summed E-state index contributed by atoms with van der Waals surface area (Å²) in [6.07, 6.45) is 0. The van der Waals surface area contributed by atoms with E-state index in [0.717, 1.165) is 0 Å². The summed E-state index contributed by atoms with van der Waals surface area (Å²) in [5.74, 6) is -3.38. The molecule has 0 aliphatic carbocycles. The number of halogens is 2. The Morgan fingerprint density at radius 1 is 1.28 bits per heavy atom. The minimum Gasteiger partial charge on any atom is -0.314 e. The Morgan fingerprint density at radius 2 is 1.89 bits per heavy atom. The summed E-state index contributed by atoms with van der Waals surface area (Å²) in [7, 11) is 1.51. The van der Waals surface area contributed by atoms with E-state index in [9.17, 15) is 14.4 Å². The van der Waals surface area contributed by atoms with E-state index in [4.69, 9.17) is 23.2 Å². The number of Topliss-reactive ketones (excluding diaryl/α,β-unsaturated/α-hetero) is 2. The van der Waals surface area contributed by atoms with Gasteiger partial charge in [-0.15, -0.1) is 0 Å². The number of para-hydroxylation sites is 1. The molecule has 1 atom stereocenters. The van der Waals surface area contributed by atoms with Crippen LogP contribution in [-0.4, -0.2) is 29.4 Å². The summed E-state index contributed by atoms with van der Waals surface area (Å²) >= 11 is 10.9. The van der Waals surface area contributed by atoms with Crippen LogP contribution < -0.4 is 4.90 Å². The zero-order chi connectivity index (χ0) is 13.4. The number of benzene rings is 1. The van der Waals surface area contributed by atoms with Crippen LogP contribution in [0.15, 0.2) is 24.3 Å². The topological polar surface area (TPSA) is 54.5 Å². The molecule has 0 bridgehead atoms. The summed E-state index contributed by atoms with van der Waals surface area (Å²) in [4.78, 5) is 35.8. The molecule has 1 aromatic carbocycles. The molecule has 18 heavy (non-hydrogen) atoms. The van der Waals surface area contributed by atoms with Crippen molar-refractivity contribution in [2.45, 2.75) is 4.84 Å². The molecule has 0 fully saturated rings. The van der Waals surface area contributed by atoms with Gasteiger partial charge in [-0.1, -0.05) is 35.3 Å². The van der Waals surface area contributed by atoms with Gasteiger partial charge in [-0.2, -0.15) is 0 Å². The third kappa shape index (κ3) is 1.91. The average molecular weight is 286 g/mol. The van der Waals surface area contributed by atoms with Gasteiger partial charge in [0.15, 0.2) is 22.3 Å². The number of nitrogens with zero attached hydrogens (tertiary/aromatic N) is 1. The number of hydrogen-bond donors (Lipinski definition) is 0. The minimum absolute atomic E-state index is 0.326. The van der Waals surface area contributed by atoms with Crippen LogP contribution in [0.2, 0.25) is 0 Å². The van der Waals surface area contributed by atoms with Crippen LogP contribution in [0.3, 0.4) is 0 Å². The second kappa shape index (κ2) is 4.71. The number of carbonyl (C=O) groups is 3. The van der Waals surface area contributed by atoms with Crippen molar-refractivity contribution in [1.82, 2.24) is 0 Å². The summed E-state index contributed by atoms with van der Waals surface area (Å²) in [5.41, 5.74) is 0.809. The Balaban J connectivity index is 2.52. The number of anilines is 1. The summed E-state index contributed by atoms with van der Waals surface area (Å²) in [5, 5.41) is 0. The van der Waals surface area contributed by atoms with E-state index in [1.807, 2.05) is 0 Å². The van der Waals surface area contributed by atoms with Crippen molar-refractivity contribution in [2.24, 2.45) is 5.92 Å². The molecule has 0 radical (unpaired) electrons. The first-order valence-corrected chi connectivity index (χ1v) is 6.05. The van der Waals surface area contributed by atoms with Crippen LogP contribution in [0.1, 0.15) is 10.4 Å². The van der Waals surface area contributed by atoms with Crippen LogP contribution in [0.4, 0.5) is 5.69 Å². The predicted molar refractivity (Wildman–Crippen MR) is 68.2 cm³/mol. The fourth-order valence-electron chi connectivity index (χ4n) is 1.93. The maximum absolute atomic E-state index is 12.1. The molecule has 1 heterocycles. The third-order valence-electron chi connectivity index (χ3n) is 2.87. The number of amides is 1. The number of carbonyl (C=O) groups excluding carboxylic acids is 3. The molecule has 1 aliphatic rings. The van der Waals surface area contributed by atoms with Gasteiger partial charge < -0.3 is 4.90 Å². The second-order valence-corrected chi connectivity index (χ2v) is 5.01. The molecule has 0 saturated carbocycles. The quantitative estimate of drug-likeness (QED) is 0.615. The third-order valence-corrected chi connectivity index (χ3v) is 3.30. The molecular weight excluding hydrogens is 277 g/mol. The van der Waals surface area contributed by atoms with Crippen molar-refractivity contribution in [3.05, 3.63) is 29.8 Å². The van der Waals surface area contributed by atoms with E-state index in [2.05, 4.69) is 0 Å². The Kier molecular flexibility index (Phi) is 3.41. The van der Waals surface area contributed by atoms with Crippen molar-refractivity contribution in [3.63, 3.8) is 0 Å². The van der Waals surface area contributed by atoms with E-state index in [-0.39, 0.29) is 0 Å². The van der Waals surface area contributed by atoms with E-state index in [1.165, 1.54) is 11.9 Å². The van der Waals surface area contributed by atoms with Gasteiger partial charge in [0, 0.05) is 12.6 Å². The number of hydrogen-bond acceptors (Lipinski definition) is 3. The molecule has 4 nitrogen and oxygen atoms in total. The van der Waals surface area contributed by atoms with Gasteiger partial charge >= 0.3 is 0 Å². The molecular formula is C12H9Cl2NO3. The predicted octanol–water partition coefficient (Wildman–Crippen LogP) is 1.83. The van der Waals surface area contributed by atoms with Gasteiger partial charge in [0.2, 0.25) is 5.91 Å². The first-order chi connectivity index (χ1) is 8.45. The van der Waals surface area contributed by atoms with Crippen LogP contribution >= 0.6 is 23.2 Å². The van der Waals surface area contributed by atoms with Crippen LogP contribution in [-0.2, 0) is 9.59 Å². The molecule has 2 rings (SSSR count). The van der Waals surface area contributed by atoms with Gasteiger partial charge in [0.1, 0.15) is 0 Å². The standard InChI is InChI=1S/C12H9Cl2NO3/c1-15-7-5-3-2-4-6(7)9(16)8(12(15)18)10(17)11(13)14/h2-5,8,11H,1H3. The molecule has 1 aliphatic heterocycles. The Morgan fingerprint density at radius 3 is 2.50 bits per heavy atom. The first-order valence-electron chi connectivity index (χ1n) is 5.18. The zero-order valence-electron chi connectivity index (χ0n) is 9.39. The lowest BCUT2D eigenvalue weighted by Crippen LogP contribution is -2.47. The van der Waals surface area contributed by atoms with Crippen LogP contribution in [0, 0.1) is 5.92 Å². The molecule has 1 aromatic rings. The molecule has 0 spiro atoms. The van der Waals surface area contributed by atoms with Crippen molar-refractivity contribution in [1.29, 1.82) is 0 Å². The first kappa shape index (κ1) is 13.1. The highest BCUT2D eigenvalue weighted by molar-refractivity contribution is 6.56. The van der Waals surface area contributed by atoms with Crippen molar-refractivity contribution < 1.29 is 14.4 Å². The lowest BCUT2D eigenvalue weighted by Gasteiger charge is -2.29. The lowest BCUT2D eigenvalue weighted by atomic mass is 9.88. The Bertz CT molecular complexity index is 542. The van der Waals surface area contributed by atoms with Gasteiger partial charge in [0.05, 0.1) is 5.69 Å². The largest absolute Gasteiger partial charge is 0.314 e. The number of fused-ring (bicyclic) bond motifs is 1. The van der Waals surface area contributed by atoms with E-state index < -0.39 is 28.2 Å². The molecule has 0 saturated heterocycles. The Labute approximate surface area is 113 Å². The highest BCUT2D eigenvalue weighted by atomic mass is 35.5. The van der Waals surface area contributed by atoms with Gasteiger partial charge in [-0.05, 0) is 12.1 Å². The summed E-state index contributed by atoms with van der Waals surface area (Å²) in [6.45, 7) is 0. The number of ketones is 2. The lowest BCUT2D eigenvalue weighted by molar-refractivity contribution is -0.129. The minimum atomic E-state index is -1.44. The van der Waals surface area contributed by atoms with Gasteiger partial charge in [-0.3, -0.25) is 14.4 Å². The SMILES string of the molecule is CN1C(=O)C(C(=O)C(Cl)Cl)C(=O)c2ccccc21. The molecule has 1 amide bonds. The molecule has 94 valence electrons. The normalized spacial score (nSPS) is 19.1. The maximum atomic E-state index is 12.1. The molecule has 1 unspecified atom stereocenters. The summed E-state index contributed by atoms with van der Waals surface area (Å²) < 4.78 is 0. The van der Waals surface area contributed by atoms with Gasteiger partial charge in [0.25, 0.3) is 0 Å². The van der Waals surface area contributed by atoms with Crippen LogP contribution in [0.5, 0.6) is 0 Å². The van der Waals surface area contributed by atoms with Gasteiger partial charge in [-0.25, -0.2) is 0 Å². The van der Waals surface area contributed by atoms with E-state index in [1.54, 1.807) is 24.3 Å². The fourth-order valence-corrected chi connectivity index (χ4v) is 2.18. The molecule has 0 N–H and O–H groups in total. The highest BCUT2D eigenvalue weighted by Gasteiger charge is 2.43. The number of alkyl halides is 2. The number of rotatable bonds is 2. The summed E-state index contributed by atoms with van der Waals surface area (Å²) in [6, 6.07) is 6.59. The smallest absolute Gasteiger partial charge is 0.245 e. The Hall–Kier alpha value is -1.39. The fraction of sp³-hybridized carbons (Fsp3) is 0.250. The molecule has 6 heteroatoms. The van der Waals surface area contributed by atoms with Crippen molar-refractivity contribution >= 4 is 46.4 Å². The van der Waals surface area contributed by atoms with E-state index in [0.29, 0.717) is 11.3 Å². The second-order valence-electron chi connectivity index (χ2n) is 3.91. The highest BCUT2D eigenvalue weighted by Crippen LogP contribution is 2.31.